The first kappa shape index (κ1) is 15.2. The molecule has 0 saturated carbocycles. The van der Waals surface area contributed by atoms with Gasteiger partial charge in [-0.3, -0.25) is 4.79 Å². The SMILES string of the molecule is CCN(Cc1ccccc1C#N)C(=O)CCCCO. The largest absolute Gasteiger partial charge is 0.396 e. The average molecular weight is 260 g/mol. The fourth-order valence-electron chi connectivity index (χ4n) is 1.90. The number of aliphatic hydroxyl groups excluding tert-OH is 1. The number of benzene rings is 1. The number of amides is 1. The van der Waals surface area contributed by atoms with Crippen molar-refractivity contribution in [1.82, 2.24) is 4.90 Å². The summed E-state index contributed by atoms with van der Waals surface area (Å²) in [4.78, 5) is 13.8. The molecule has 0 radical (unpaired) electrons. The first-order valence-corrected chi connectivity index (χ1v) is 6.59. The van der Waals surface area contributed by atoms with Crippen LogP contribution in [0.2, 0.25) is 0 Å². The Kier molecular flexibility index (Phi) is 6.62. The Bertz CT molecular complexity index is 452. The van der Waals surface area contributed by atoms with Gasteiger partial charge in [0.1, 0.15) is 0 Å². The molecule has 0 aromatic heterocycles. The van der Waals surface area contributed by atoms with Gasteiger partial charge >= 0.3 is 0 Å². The number of nitriles is 1. The molecule has 1 aromatic carbocycles. The van der Waals surface area contributed by atoms with Gasteiger partial charge in [0.15, 0.2) is 0 Å². The van der Waals surface area contributed by atoms with E-state index >= 15 is 0 Å². The van der Waals surface area contributed by atoms with Crippen LogP contribution in [0.15, 0.2) is 24.3 Å². The van der Waals surface area contributed by atoms with Crippen LogP contribution in [0, 0.1) is 11.3 Å². The summed E-state index contributed by atoms with van der Waals surface area (Å²) in [5.41, 5.74) is 1.49. The van der Waals surface area contributed by atoms with Crippen molar-refractivity contribution in [2.45, 2.75) is 32.7 Å². The van der Waals surface area contributed by atoms with Crippen LogP contribution < -0.4 is 0 Å². The smallest absolute Gasteiger partial charge is 0.222 e. The summed E-state index contributed by atoms with van der Waals surface area (Å²) in [7, 11) is 0. The summed E-state index contributed by atoms with van der Waals surface area (Å²) in [6.45, 7) is 3.14. The van der Waals surface area contributed by atoms with Crippen LogP contribution in [0.25, 0.3) is 0 Å². The summed E-state index contributed by atoms with van der Waals surface area (Å²) in [5, 5.41) is 17.8. The van der Waals surface area contributed by atoms with E-state index in [0.717, 1.165) is 5.56 Å². The van der Waals surface area contributed by atoms with E-state index in [0.29, 0.717) is 37.9 Å². The third-order valence-electron chi connectivity index (χ3n) is 3.03. The number of unbranched alkanes of at least 4 members (excludes halogenated alkanes) is 1. The van der Waals surface area contributed by atoms with Crippen LogP contribution >= 0.6 is 0 Å². The van der Waals surface area contributed by atoms with Gasteiger partial charge < -0.3 is 10.0 Å². The van der Waals surface area contributed by atoms with E-state index < -0.39 is 0 Å². The third kappa shape index (κ3) is 4.72. The van der Waals surface area contributed by atoms with Crippen molar-refractivity contribution in [1.29, 1.82) is 5.26 Å². The number of hydrogen-bond acceptors (Lipinski definition) is 3. The summed E-state index contributed by atoms with van der Waals surface area (Å²) in [6, 6.07) is 9.48. The molecule has 0 aliphatic rings. The van der Waals surface area contributed by atoms with Gasteiger partial charge in [-0.05, 0) is 31.4 Å². The normalized spacial score (nSPS) is 9.95. The van der Waals surface area contributed by atoms with E-state index in [9.17, 15) is 4.79 Å². The van der Waals surface area contributed by atoms with Crippen molar-refractivity contribution in [2.75, 3.05) is 13.2 Å². The number of rotatable bonds is 7. The highest BCUT2D eigenvalue weighted by atomic mass is 16.3. The van der Waals surface area contributed by atoms with Gasteiger partial charge in [-0.1, -0.05) is 18.2 Å². The lowest BCUT2D eigenvalue weighted by molar-refractivity contribution is -0.131. The number of nitrogens with zero attached hydrogens (tertiary/aromatic N) is 2. The fraction of sp³-hybridized carbons (Fsp3) is 0.467. The molecule has 4 nitrogen and oxygen atoms in total. The Morgan fingerprint density at radius 3 is 2.74 bits per heavy atom. The molecule has 0 spiro atoms. The van der Waals surface area contributed by atoms with Crippen LogP contribution in [0.5, 0.6) is 0 Å². The molecule has 0 heterocycles. The molecular formula is C15H20N2O2. The standard InChI is InChI=1S/C15H20N2O2/c1-2-17(15(19)9-5-6-10-18)12-14-8-4-3-7-13(14)11-16/h3-4,7-8,18H,2,5-6,9-10,12H2,1H3. The van der Waals surface area contributed by atoms with Crippen molar-refractivity contribution < 1.29 is 9.90 Å². The van der Waals surface area contributed by atoms with Crippen molar-refractivity contribution in [3.05, 3.63) is 35.4 Å². The maximum Gasteiger partial charge on any atom is 0.222 e. The molecule has 19 heavy (non-hydrogen) atoms. The molecule has 0 aliphatic carbocycles. The Morgan fingerprint density at radius 1 is 1.37 bits per heavy atom. The zero-order valence-corrected chi connectivity index (χ0v) is 11.3. The Labute approximate surface area is 114 Å². The Balaban J connectivity index is 2.66. The Morgan fingerprint density at radius 2 is 2.11 bits per heavy atom. The maximum atomic E-state index is 12.0. The highest BCUT2D eigenvalue weighted by Crippen LogP contribution is 2.12. The van der Waals surface area contributed by atoms with Crippen LogP contribution in [0.1, 0.15) is 37.3 Å². The van der Waals surface area contributed by atoms with E-state index in [1.807, 2.05) is 25.1 Å². The molecule has 0 atom stereocenters. The van der Waals surface area contributed by atoms with Crippen LogP contribution in [-0.4, -0.2) is 29.1 Å². The van der Waals surface area contributed by atoms with E-state index in [4.69, 9.17) is 10.4 Å². The van der Waals surface area contributed by atoms with Crippen molar-refractivity contribution in [2.24, 2.45) is 0 Å². The van der Waals surface area contributed by atoms with E-state index in [1.165, 1.54) is 0 Å². The summed E-state index contributed by atoms with van der Waals surface area (Å²) in [5.74, 6) is 0.0729. The average Bonchev–Trinajstić information content (AvgIpc) is 2.45. The van der Waals surface area contributed by atoms with Crippen LogP contribution in [-0.2, 0) is 11.3 Å². The molecule has 0 bridgehead atoms. The predicted molar refractivity (Wildman–Crippen MR) is 73.2 cm³/mol. The first-order chi connectivity index (χ1) is 9.22. The quantitative estimate of drug-likeness (QED) is 0.763. The molecule has 1 N–H and O–H groups in total. The molecule has 0 aliphatic heterocycles. The first-order valence-electron chi connectivity index (χ1n) is 6.59. The Hall–Kier alpha value is -1.86. The zero-order chi connectivity index (χ0) is 14.1. The second kappa shape index (κ2) is 8.28. The van der Waals surface area contributed by atoms with Gasteiger partial charge in [-0.2, -0.15) is 5.26 Å². The van der Waals surface area contributed by atoms with E-state index in [-0.39, 0.29) is 12.5 Å². The second-order valence-electron chi connectivity index (χ2n) is 4.36. The van der Waals surface area contributed by atoms with Gasteiger partial charge in [0.05, 0.1) is 11.6 Å². The topological polar surface area (TPSA) is 64.3 Å². The lowest BCUT2D eigenvalue weighted by Crippen LogP contribution is -2.30. The molecule has 4 heteroatoms. The van der Waals surface area contributed by atoms with Gasteiger partial charge in [0.25, 0.3) is 0 Å². The minimum absolute atomic E-state index is 0.0729. The molecule has 0 saturated heterocycles. The van der Waals surface area contributed by atoms with Crippen molar-refractivity contribution in [3.63, 3.8) is 0 Å². The van der Waals surface area contributed by atoms with Crippen LogP contribution in [0.3, 0.4) is 0 Å². The molecular weight excluding hydrogens is 240 g/mol. The number of hydrogen-bond donors (Lipinski definition) is 1. The molecule has 0 fully saturated rings. The van der Waals surface area contributed by atoms with Gasteiger partial charge in [-0.25, -0.2) is 0 Å². The van der Waals surface area contributed by atoms with Gasteiger partial charge in [0, 0.05) is 26.1 Å². The molecule has 1 aromatic rings. The molecule has 1 rings (SSSR count). The van der Waals surface area contributed by atoms with E-state index in [2.05, 4.69) is 6.07 Å². The predicted octanol–water partition coefficient (Wildman–Crippen LogP) is 2.07. The number of carbonyl (C=O) groups is 1. The molecule has 102 valence electrons. The minimum Gasteiger partial charge on any atom is -0.396 e. The van der Waals surface area contributed by atoms with E-state index in [1.54, 1.807) is 11.0 Å². The highest BCUT2D eigenvalue weighted by molar-refractivity contribution is 5.76. The fourth-order valence-corrected chi connectivity index (χ4v) is 1.90. The lowest BCUT2D eigenvalue weighted by atomic mass is 10.1. The zero-order valence-electron chi connectivity index (χ0n) is 11.3. The number of carbonyl (C=O) groups excluding carboxylic acids is 1. The maximum absolute atomic E-state index is 12.0. The minimum atomic E-state index is 0.0729. The summed E-state index contributed by atoms with van der Waals surface area (Å²) < 4.78 is 0. The van der Waals surface area contributed by atoms with Crippen LogP contribution in [0.4, 0.5) is 0 Å². The molecule has 1 amide bonds. The second-order valence-corrected chi connectivity index (χ2v) is 4.36. The highest BCUT2D eigenvalue weighted by Gasteiger charge is 2.13. The summed E-state index contributed by atoms with van der Waals surface area (Å²) in [6.07, 6.45) is 1.80. The third-order valence-corrected chi connectivity index (χ3v) is 3.03. The van der Waals surface area contributed by atoms with Crippen molar-refractivity contribution in [3.8, 4) is 6.07 Å². The molecule has 0 unspecified atom stereocenters. The summed E-state index contributed by atoms with van der Waals surface area (Å²) >= 11 is 0. The number of aliphatic hydroxyl groups is 1. The van der Waals surface area contributed by atoms with Gasteiger partial charge in [-0.15, -0.1) is 0 Å². The lowest BCUT2D eigenvalue weighted by Gasteiger charge is -2.21. The monoisotopic (exact) mass is 260 g/mol. The van der Waals surface area contributed by atoms with Gasteiger partial charge in [0.2, 0.25) is 5.91 Å². The van der Waals surface area contributed by atoms with Crippen molar-refractivity contribution >= 4 is 5.91 Å².